The van der Waals surface area contributed by atoms with E-state index >= 15 is 0 Å². The van der Waals surface area contributed by atoms with Crippen molar-refractivity contribution in [2.24, 2.45) is 0 Å². The summed E-state index contributed by atoms with van der Waals surface area (Å²) < 4.78 is 0. The molecule has 4 heteroatoms. The van der Waals surface area contributed by atoms with Crippen molar-refractivity contribution in [2.75, 3.05) is 25.0 Å². The molecule has 1 amide bonds. The average molecular weight is 281 g/mol. The molecule has 0 spiro atoms. The molecule has 1 fully saturated rings. The first-order valence-corrected chi connectivity index (χ1v) is 7.41. The standard InChI is InChI=1S/C15H21ClN2O/c16-13-7-3-4-8-14(13)17-10-9-15(19)18-11-5-1-2-6-12-18/h3-4,7-8,17H,1-2,5-6,9-12H2. The molecule has 104 valence electrons. The molecule has 1 aliphatic rings. The molecule has 1 aliphatic heterocycles. The molecule has 1 aromatic rings. The Bertz CT molecular complexity index is 414. The van der Waals surface area contributed by atoms with Gasteiger partial charge in [-0.05, 0) is 25.0 Å². The normalized spacial score (nSPS) is 15.9. The number of halogens is 1. The lowest BCUT2D eigenvalue weighted by molar-refractivity contribution is -0.130. The second kappa shape index (κ2) is 7.39. The topological polar surface area (TPSA) is 32.3 Å². The number of para-hydroxylation sites is 1. The molecule has 0 aliphatic carbocycles. The van der Waals surface area contributed by atoms with E-state index in [0.29, 0.717) is 18.0 Å². The second-order valence-electron chi connectivity index (χ2n) is 4.95. The number of likely N-dealkylation sites (tertiary alicyclic amines) is 1. The summed E-state index contributed by atoms with van der Waals surface area (Å²) in [7, 11) is 0. The van der Waals surface area contributed by atoms with E-state index in [2.05, 4.69) is 5.32 Å². The Morgan fingerprint density at radius 3 is 2.53 bits per heavy atom. The smallest absolute Gasteiger partial charge is 0.224 e. The van der Waals surface area contributed by atoms with Gasteiger partial charge in [0.05, 0.1) is 10.7 Å². The van der Waals surface area contributed by atoms with E-state index < -0.39 is 0 Å². The third-order valence-corrected chi connectivity index (χ3v) is 3.82. The van der Waals surface area contributed by atoms with E-state index in [1.54, 1.807) is 0 Å². The van der Waals surface area contributed by atoms with Gasteiger partial charge in [-0.1, -0.05) is 36.6 Å². The second-order valence-corrected chi connectivity index (χ2v) is 5.36. The van der Waals surface area contributed by atoms with Crippen LogP contribution in [0.4, 0.5) is 5.69 Å². The van der Waals surface area contributed by atoms with Crippen molar-refractivity contribution in [3.8, 4) is 0 Å². The van der Waals surface area contributed by atoms with E-state index in [0.717, 1.165) is 31.6 Å². The summed E-state index contributed by atoms with van der Waals surface area (Å²) >= 11 is 6.05. The fourth-order valence-electron chi connectivity index (χ4n) is 2.39. The SMILES string of the molecule is O=C(CCNc1ccccc1Cl)N1CCCCCC1. The lowest BCUT2D eigenvalue weighted by atomic mass is 10.2. The Labute approximate surface area is 119 Å². The van der Waals surface area contributed by atoms with Crippen molar-refractivity contribution in [1.29, 1.82) is 0 Å². The molecule has 2 rings (SSSR count). The van der Waals surface area contributed by atoms with Crippen LogP contribution < -0.4 is 5.32 Å². The Kier molecular flexibility index (Phi) is 5.52. The number of anilines is 1. The van der Waals surface area contributed by atoms with Crippen molar-refractivity contribution in [2.45, 2.75) is 32.1 Å². The van der Waals surface area contributed by atoms with Crippen LogP contribution in [0.3, 0.4) is 0 Å². The molecule has 1 heterocycles. The van der Waals surface area contributed by atoms with E-state index in [1.807, 2.05) is 29.2 Å². The van der Waals surface area contributed by atoms with Crippen LogP contribution in [0, 0.1) is 0 Å². The van der Waals surface area contributed by atoms with Crippen LogP contribution in [-0.4, -0.2) is 30.4 Å². The van der Waals surface area contributed by atoms with Crippen LogP contribution in [0.15, 0.2) is 24.3 Å². The van der Waals surface area contributed by atoms with Crippen molar-refractivity contribution in [1.82, 2.24) is 4.90 Å². The minimum Gasteiger partial charge on any atom is -0.383 e. The number of amides is 1. The number of carbonyl (C=O) groups excluding carboxylic acids is 1. The Morgan fingerprint density at radius 1 is 1.16 bits per heavy atom. The summed E-state index contributed by atoms with van der Waals surface area (Å²) in [5.74, 6) is 0.251. The maximum atomic E-state index is 12.1. The van der Waals surface area contributed by atoms with E-state index in [4.69, 9.17) is 11.6 Å². The first-order valence-electron chi connectivity index (χ1n) is 7.03. The summed E-state index contributed by atoms with van der Waals surface area (Å²) in [5, 5.41) is 3.92. The van der Waals surface area contributed by atoms with Crippen molar-refractivity contribution >= 4 is 23.2 Å². The molecule has 0 atom stereocenters. The first-order chi connectivity index (χ1) is 9.27. The van der Waals surface area contributed by atoms with Crippen molar-refractivity contribution in [3.63, 3.8) is 0 Å². The number of rotatable bonds is 4. The van der Waals surface area contributed by atoms with Crippen LogP contribution in [0.5, 0.6) is 0 Å². The van der Waals surface area contributed by atoms with Gasteiger partial charge in [0.25, 0.3) is 0 Å². The fourth-order valence-corrected chi connectivity index (χ4v) is 2.59. The van der Waals surface area contributed by atoms with Gasteiger partial charge in [0, 0.05) is 26.1 Å². The van der Waals surface area contributed by atoms with E-state index in [9.17, 15) is 4.79 Å². The Balaban J connectivity index is 1.76. The van der Waals surface area contributed by atoms with Crippen LogP contribution in [-0.2, 0) is 4.79 Å². The number of hydrogen-bond donors (Lipinski definition) is 1. The molecule has 0 bridgehead atoms. The monoisotopic (exact) mass is 280 g/mol. The lowest BCUT2D eigenvalue weighted by Gasteiger charge is -2.20. The summed E-state index contributed by atoms with van der Waals surface area (Å²) in [6, 6.07) is 7.61. The molecule has 1 aromatic carbocycles. The summed E-state index contributed by atoms with van der Waals surface area (Å²) in [6.45, 7) is 2.48. The maximum Gasteiger partial charge on any atom is 0.224 e. The number of hydrogen-bond acceptors (Lipinski definition) is 2. The molecule has 19 heavy (non-hydrogen) atoms. The highest BCUT2D eigenvalue weighted by Gasteiger charge is 2.14. The van der Waals surface area contributed by atoms with Crippen LogP contribution in [0.1, 0.15) is 32.1 Å². The molecule has 1 N–H and O–H groups in total. The van der Waals surface area contributed by atoms with E-state index in [1.165, 1.54) is 12.8 Å². The lowest BCUT2D eigenvalue weighted by Crippen LogP contribution is -2.32. The highest BCUT2D eigenvalue weighted by atomic mass is 35.5. The quantitative estimate of drug-likeness (QED) is 0.915. The molecule has 1 saturated heterocycles. The molecule has 3 nitrogen and oxygen atoms in total. The fraction of sp³-hybridized carbons (Fsp3) is 0.533. The van der Waals surface area contributed by atoms with Gasteiger partial charge in [0.1, 0.15) is 0 Å². The van der Waals surface area contributed by atoms with Crippen LogP contribution in [0.25, 0.3) is 0 Å². The zero-order valence-corrected chi connectivity index (χ0v) is 12.0. The first kappa shape index (κ1) is 14.2. The molecule has 0 aromatic heterocycles. The van der Waals surface area contributed by atoms with Gasteiger partial charge < -0.3 is 10.2 Å². The van der Waals surface area contributed by atoms with Crippen molar-refractivity contribution in [3.05, 3.63) is 29.3 Å². The zero-order valence-electron chi connectivity index (χ0n) is 11.2. The van der Waals surface area contributed by atoms with Gasteiger partial charge in [0.2, 0.25) is 5.91 Å². The number of carbonyl (C=O) groups is 1. The average Bonchev–Trinajstić information content (AvgIpc) is 2.70. The predicted molar refractivity (Wildman–Crippen MR) is 79.6 cm³/mol. The van der Waals surface area contributed by atoms with Gasteiger partial charge in [-0.2, -0.15) is 0 Å². The van der Waals surface area contributed by atoms with Gasteiger partial charge in [-0.3, -0.25) is 4.79 Å². The number of nitrogens with one attached hydrogen (secondary N) is 1. The third kappa shape index (κ3) is 4.43. The molecular formula is C15H21ClN2O. The third-order valence-electron chi connectivity index (χ3n) is 3.49. The largest absolute Gasteiger partial charge is 0.383 e. The highest BCUT2D eigenvalue weighted by Crippen LogP contribution is 2.20. The van der Waals surface area contributed by atoms with Gasteiger partial charge >= 0.3 is 0 Å². The van der Waals surface area contributed by atoms with E-state index in [-0.39, 0.29) is 5.91 Å². The minimum atomic E-state index is 0.251. The van der Waals surface area contributed by atoms with Crippen LogP contribution in [0.2, 0.25) is 5.02 Å². The van der Waals surface area contributed by atoms with Gasteiger partial charge in [-0.25, -0.2) is 0 Å². The Hall–Kier alpha value is -1.22. The van der Waals surface area contributed by atoms with Crippen LogP contribution >= 0.6 is 11.6 Å². The zero-order chi connectivity index (χ0) is 13.5. The van der Waals surface area contributed by atoms with Gasteiger partial charge in [-0.15, -0.1) is 0 Å². The van der Waals surface area contributed by atoms with Crippen molar-refractivity contribution < 1.29 is 4.79 Å². The van der Waals surface area contributed by atoms with Gasteiger partial charge in [0.15, 0.2) is 0 Å². The number of benzene rings is 1. The summed E-state index contributed by atoms with van der Waals surface area (Å²) in [6.07, 6.45) is 5.32. The minimum absolute atomic E-state index is 0.251. The predicted octanol–water partition coefficient (Wildman–Crippen LogP) is 3.54. The molecule has 0 unspecified atom stereocenters. The maximum absolute atomic E-state index is 12.1. The summed E-state index contributed by atoms with van der Waals surface area (Å²) in [4.78, 5) is 14.1. The molecule has 0 radical (unpaired) electrons. The summed E-state index contributed by atoms with van der Waals surface area (Å²) in [5.41, 5.74) is 0.896. The Morgan fingerprint density at radius 2 is 1.84 bits per heavy atom. The molecule has 0 saturated carbocycles. The number of nitrogens with zero attached hydrogens (tertiary/aromatic N) is 1. The molecular weight excluding hydrogens is 260 g/mol. The highest BCUT2D eigenvalue weighted by molar-refractivity contribution is 6.33.